The van der Waals surface area contributed by atoms with Crippen LogP contribution in [-0.2, 0) is 14.0 Å². The fourth-order valence-electron chi connectivity index (χ4n) is 2.81. The fourth-order valence-corrected chi connectivity index (χ4v) is 4.00. The number of hydrogen-bond acceptors (Lipinski definition) is 4. The van der Waals surface area contributed by atoms with Crippen molar-refractivity contribution in [2.45, 2.75) is 72.8 Å². The average Bonchev–Trinajstić information content (AvgIpc) is 2.33. The van der Waals surface area contributed by atoms with Crippen molar-refractivity contribution in [2.24, 2.45) is 11.3 Å². The monoisotopic (exact) mass is 343 g/mol. The number of likely N-dealkylation sites (tertiary alicyclic amines) is 1. The maximum atomic E-state index is 12.5. The minimum absolute atomic E-state index is 0.144. The Balaban J connectivity index is 2.91. The molecule has 1 heterocycles. The zero-order valence-corrected chi connectivity index (χ0v) is 17.1. The molecule has 5 nitrogen and oxygen atoms in total. The summed E-state index contributed by atoms with van der Waals surface area (Å²) < 4.78 is 11.6. The van der Waals surface area contributed by atoms with Crippen molar-refractivity contribution >= 4 is 20.9 Å². The van der Waals surface area contributed by atoms with E-state index in [2.05, 4.69) is 33.9 Å². The third-order valence-electron chi connectivity index (χ3n) is 3.75. The highest BCUT2D eigenvalue weighted by Crippen LogP contribution is 2.32. The predicted octanol–water partition coefficient (Wildman–Crippen LogP) is 3.23. The summed E-state index contributed by atoms with van der Waals surface area (Å²) in [5.41, 5.74) is -0.673. The van der Waals surface area contributed by atoms with Gasteiger partial charge in [-0.3, -0.25) is 4.79 Å². The van der Waals surface area contributed by atoms with Crippen LogP contribution in [0, 0.1) is 11.3 Å². The van der Waals surface area contributed by atoms with Crippen LogP contribution in [-0.4, -0.2) is 50.6 Å². The second-order valence-electron chi connectivity index (χ2n) is 8.72. The number of piperidine rings is 1. The molecule has 0 unspecified atom stereocenters. The van der Waals surface area contributed by atoms with Crippen LogP contribution in [0.5, 0.6) is 0 Å². The van der Waals surface area contributed by atoms with Crippen molar-refractivity contribution in [3.8, 4) is 0 Å². The van der Waals surface area contributed by atoms with E-state index in [9.17, 15) is 9.59 Å². The first-order valence-electron chi connectivity index (χ1n) is 8.47. The number of nitrogens with zero attached hydrogens (tertiary/aromatic N) is 1. The minimum atomic E-state index is -1.29. The number of hydrogen-bond donors (Lipinski definition) is 0. The molecular formula is C17H33NO4Si. The third kappa shape index (κ3) is 6.26. The lowest BCUT2D eigenvalue weighted by Gasteiger charge is -2.42. The largest absolute Gasteiger partial charge is 0.444 e. The van der Waals surface area contributed by atoms with Gasteiger partial charge in [-0.05, 0) is 39.3 Å². The quantitative estimate of drug-likeness (QED) is 0.738. The van der Waals surface area contributed by atoms with Gasteiger partial charge in [0, 0.05) is 19.5 Å². The van der Waals surface area contributed by atoms with Gasteiger partial charge in [0.05, 0.1) is 12.0 Å². The Morgan fingerprint density at radius 1 is 1.22 bits per heavy atom. The Morgan fingerprint density at radius 3 is 2.22 bits per heavy atom. The van der Waals surface area contributed by atoms with Crippen LogP contribution in [0.2, 0.25) is 13.1 Å². The van der Waals surface area contributed by atoms with Crippen molar-refractivity contribution in [2.75, 3.05) is 13.1 Å². The number of amides is 1. The van der Waals surface area contributed by atoms with Crippen molar-refractivity contribution in [1.29, 1.82) is 0 Å². The van der Waals surface area contributed by atoms with Gasteiger partial charge < -0.3 is 14.1 Å². The lowest BCUT2D eigenvalue weighted by molar-refractivity contribution is -0.132. The van der Waals surface area contributed by atoms with E-state index in [1.165, 1.54) is 0 Å². The smallest absolute Gasteiger partial charge is 0.410 e. The molecule has 1 aliphatic heterocycles. The van der Waals surface area contributed by atoms with Crippen molar-refractivity contribution < 1.29 is 18.8 Å². The molecule has 0 spiro atoms. The molecule has 0 radical (unpaired) electrons. The molecule has 0 aliphatic carbocycles. The molecule has 23 heavy (non-hydrogen) atoms. The van der Waals surface area contributed by atoms with Gasteiger partial charge in [-0.25, -0.2) is 4.79 Å². The van der Waals surface area contributed by atoms with E-state index in [1.807, 2.05) is 20.8 Å². The summed E-state index contributed by atoms with van der Waals surface area (Å²) in [6, 6.07) is 0. The van der Waals surface area contributed by atoms with E-state index in [0.717, 1.165) is 0 Å². The third-order valence-corrected chi connectivity index (χ3v) is 4.59. The molecule has 0 aromatic heterocycles. The highest BCUT2D eigenvalue weighted by Gasteiger charge is 2.42. The number of ketones is 1. The van der Waals surface area contributed by atoms with Gasteiger partial charge in [-0.2, -0.15) is 0 Å². The molecule has 0 bridgehead atoms. The molecule has 2 atom stereocenters. The van der Waals surface area contributed by atoms with Crippen LogP contribution in [0.25, 0.3) is 0 Å². The second kappa shape index (κ2) is 7.34. The molecule has 0 saturated carbocycles. The number of ether oxygens (including phenoxy) is 1. The van der Waals surface area contributed by atoms with E-state index < -0.39 is 14.6 Å². The van der Waals surface area contributed by atoms with Crippen molar-refractivity contribution in [3.63, 3.8) is 0 Å². The summed E-state index contributed by atoms with van der Waals surface area (Å²) >= 11 is 0. The van der Waals surface area contributed by atoms with Crippen molar-refractivity contribution in [3.05, 3.63) is 0 Å². The van der Waals surface area contributed by atoms with E-state index in [4.69, 9.17) is 9.16 Å². The lowest BCUT2D eigenvalue weighted by atomic mass is 9.77. The maximum Gasteiger partial charge on any atom is 0.410 e. The van der Waals surface area contributed by atoms with E-state index >= 15 is 0 Å². The minimum Gasteiger partial charge on any atom is -0.444 e. The molecular weight excluding hydrogens is 310 g/mol. The Labute approximate surface area is 142 Å². The van der Waals surface area contributed by atoms with Gasteiger partial charge in [-0.1, -0.05) is 20.8 Å². The SMILES string of the molecule is C[SiH](C)O[C@H]([C@H]1CN(C(=O)OC(C)(C)C)CCC1=O)C(C)(C)C. The summed E-state index contributed by atoms with van der Waals surface area (Å²) in [6.07, 6.45) is -0.129. The maximum absolute atomic E-state index is 12.5. The summed E-state index contributed by atoms with van der Waals surface area (Å²) in [4.78, 5) is 26.4. The summed E-state index contributed by atoms with van der Waals surface area (Å²) in [5.74, 6) is -0.0782. The van der Waals surface area contributed by atoms with Gasteiger partial charge in [0.1, 0.15) is 11.4 Å². The van der Waals surface area contributed by atoms with E-state index in [-0.39, 0.29) is 29.3 Å². The lowest BCUT2D eigenvalue weighted by Crippen LogP contribution is -2.53. The zero-order chi connectivity index (χ0) is 18.0. The molecule has 1 aliphatic rings. The molecule has 6 heteroatoms. The van der Waals surface area contributed by atoms with Gasteiger partial charge in [0.2, 0.25) is 0 Å². The Bertz CT molecular complexity index is 437. The first-order valence-corrected chi connectivity index (χ1v) is 11.3. The number of rotatable bonds is 3. The van der Waals surface area contributed by atoms with Crippen LogP contribution < -0.4 is 0 Å². The van der Waals surface area contributed by atoms with Gasteiger partial charge in [0.25, 0.3) is 0 Å². The van der Waals surface area contributed by atoms with Crippen LogP contribution in [0.1, 0.15) is 48.0 Å². The van der Waals surface area contributed by atoms with Gasteiger partial charge in [0.15, 0.2) is 9.04 Å². The molecule has 0 N–H and O–H groups in total. The molecule has 1 saturated heterocycles. The molecule has 0 aromatic rings. The van der Waals surface area contributed by atoms with E-state index in [1.54, 1.807) is 4.90 Å². The summed E-state index contributed by atoms with van der Waals surface area (Å²) in [6.45, 7) is 16.9. The Morgan fingerprint density at radius 2 is 1.78 bits per heavy atom. The standard InChI is InChI=1S/C17H33NO4Si/c1-16(2,3)14(22-23(7)8)12-11-18(10-9-13(12)19)15(20)21-17(4,5)6/h12,14,23H,9-11H2,1-8H3/t12-,14+/m0/s1. The second-order valence-corrected chi connectivity index (χ2v) is 11.1. The molecule has 1 rings (SSSR count). The highest BCUT2D eigenvalue weighted by molar-refractivity contribution is 6.48. The predicted molar refractivity (Wildman–Crippen MR) is 94.1 cm³/mol. The normalized spacial score (nSPS) is 21.5. The summed E-state index contributed by atoms with van der Waals surface area (Å²) in [5, 5.41) is 0. The molecule has 134 valence electrons. The average molecular weight is 344 g/mol. The fraction of sp³-hybridized carbons (Fsp3) is 0.882. The number of carbonyl (C=O) groups is 2. The Kier molecular flexibility index (Phi) is 6.44. The topological polar surface area (TPSA) is 55.8 Å². The van der Waals surface area contributed by atoms with Gasteiger partial charge in [-0.15, -0.1) is 0 Å². The molecule has 1 amide bonds. The zero-order valence-electron chi connectivity index (χ0n) is 15.9. The van der Waals surface area contributed by atoms with Crippen molar-refractivity contribution in [1.82, 2.24) is 4.90 Å². The first kappa shape index (κ1) is 20.2. The van der Waals surface area contributed by atoms with Gasteiger partial charge >= 0.3 is 6.09 Å². The number of carbonyl (C=O) groups excluding carboxylic acids is 2. The highest BCUT2D eigenvalue weighted by atomic mass is 28.3. The molecule has 1 fully saturated rings. The van der Waals surface area contributed by atoms with Crippen LogP contribution >= 0.6 is 0 Å². The summed E-state index contributed by atoms with van der Waals surface area (Å²) in [7, 11) is -1.29. The van der Waals surface area contributed by atoms with E-state index in [0.29, 0.717) is 19.5 Å². The molecule has 0 aromatic carbocycles. The number of Topliss-reactive ketones (excluding diaryl/α,β-unsaturated/α-hetero) is 1. The Hall–Kier alpha value is -0.883. The first-order chi connectivity index (χ1) is 10.3. The van der Waals surface area contributed by atoms with Crippen LogP contribution in [0.15, 0.2) is 0 Å². The van der Waals surface area contributed by atoms with Crippen LogP contribution in [0.4, 0.5) is 4.79 Å². The van der Waals surface area contributed by atoms with Crippen LogP contribution in [0.3, 0.4) is 0 Å².